The number of amides is 1. The molecule has 0 atom stereocenters. The van der Waals surface area contributed by atoms with E-state index in [9.17, 15) is 4.79 Å². The van der Waals surface area contributed by atoms with Crippen molar-refractivity contribution >= 4 is 21.8 Å². The molecule has 0 bridgehead atoms. The first-order valence-corrected chi connectivity index (χ1v) is 7.02. The molecule has 0 fully saturated rings. The van der Waals surface area contributed by atoms with Crippen LogP contribution in [0.3, 0.4) is 0 Å². The molecule has 0 spiro atoms. The van der Waals surface area contributed by atoms with Gasteiger partial charge in [-0.05, 0) is 15.9 Å². The zero-order valence-corrected chi connectivity index (χ0v) is 12.8. The quantitative estimate of drug-likeness (QED) is 0.890. The van der Waals surface area contributed by atoms with Gasteiger partial charge in [0.1, 0.15) is 11.5 Å². The van der Waals surface area contributed by atoms with Crippen LogP contribution in [0, 0.1) is 0 Å². The van der Waals surface area contributed by atoms with E-state index in [1.807, 2.05) is 13.8 Å². The van der Waals surface area contributed by atoms with E-state index >= 15 is 0 Å². The molecule has 7 nitrogen and oxygen atoms in total. The molecule has 2 aromatic rings. The fraction of sp³-hybridized carbons (Fsp3) is 0.417. The lowest BCUT2D eigenvalue weighted by molar-refractivity contribution is 0.0945. The Bertz CT molecular complexity index is 584. The highest BCUT2D eigenvalue weighted by atomic mass is 79.9. The van der Waals surface area contributed by atoms with Crippen LogP contribution < -0.4 is 5.32 Å². The number of hydrogen-bond donors (Lipinski definition) is 1. The molecule has 0 aliphatic rings. The summed E-state index contributed by atoms with van der Waals surface area (Å²) >= 11 is 3.30. The molecule has 106 valence electrons. The van der Waals surface area contributed by atoms with Crippen molar-refractivity contribution in [3.63, 3.8) is 0 Å². The Morgan fingerprint density at radius 2 is 2.30 bits per heavy atom. The third kappa shape index (κ3) is 3.60. The van der Waals surface area contributed by atoms with Gasteiger partial charge in [-0.1, -0.05) is 19.1 Å². The lowest BCUT2D eigenvalue weighted by Gasteiger charge is -2.09. The molecule has 1 N–H and O–H groups in total. The van der Waals surface area contributed by atoms with Gasteiger partial charge in [-0.3, -0.25) is 9.48 Å². The van der Waals surface area contributed by atoms with Gasteiger partial charge in [0.2, 0.25) is 0 Å². The molecule has 20 heavy (non-hydrogen) atoms. The lowest BCUT2D eigenvalue weighted by Crippen LogP contribution is -2.29. The predicted molar refractivity (Wildman–Crippen MR) is 76.2 cm³/mol. The van der Waals surface area contributed by atoms with Crippen LogP contribution in [0.1, 0.15) is 36.1 Å². The Hall–Kier alpha value is -1.83. The maximum absolute atomic E-state index is 12.1. The number of nitrogens with zero attached hydrogens (tertiary/aromatic N) is 5. The van der Waals surface area contributed by atoms with Gasteiger partial charge in [-0.15, -0.1) is 5.10 Å². The smallest absolute Gasteiger partial charge is 0.271 e. The van der Waals surface area contributed by atoms with Gasteiger partial charge in [0.05, 0.1) is 17.2 Å². The number of aromatic nitrogens is 5. The average molecular weight is 339 g/mol. The highest BCUT2D eigenvalue weighted by Crippen LogP contribution is 2.16. The minimum Gasteiger partial charge on any atom is -0.349 e. The van der Waals surface area contributed by atoms with Crippen LogP contribution in [0.25, 0.3) is 0 Å². The summed E-state index contributed by atoms with van der Waals surface area (Å²) in [4.78, 5) is 20.6. The number of carbonyl (C=O) groups is 1. The first kappa shape index (κ1) is 14.6. The number of hydrogen-bond acceptors (Lipinski definition) is 5. The monoisotopic (exact) mass is 338 g/mol. The van der Waals surface area contributed by atoms with E-state index in [0.717, 1.165) is 0 Å². The lowest BCUT2D eigenvalue weighted by atomic mass is 10.2. The minimum absolute atomic E-state index is 0.171. The Labute approximate surface area is 124 Å². The molecular formula is C12H15BrN6O. The second-order valence-electron chi connectivity index (χ2n) is 4.50. The van der Waals surface area contributed by atoms with Crippen LogP contribution >= 0.6 is 15.9 Å². The van der Waals surface area contributed by atoms with Gasteiger partial charge in [0.15, 0.2) is 0 Å². The Balaban J connectivity index is 1.99. The van der Waals surface area contributed by atoms with Crippen molar-refractivity contribution in [1.82, 2.24) is 30.3 Å². The number of carbonyl (C=O) groups excluding carboxylic acids is 1. The fourth-order valence-corrected chi connectivity index (χ4v) is 1.91. The molecule has 0 aliphatic heterocycles. The highest BCUT2D eigenvalue weighted by Gasteiger charge is 2.14. The molecule has 1 amide bonds. The minimum atomic E-state index is -0.235. The van der Waals surface area contributed by atoms with Crippen molar-refractivity contribution in [2.45, 2.75) is 26.3 Å². The van der Waals surface area contributed by atoms with Crippen molar-refractivity contribution in [3.05, 3.63) is 34.6 Å². The molecule has 0 aliphatic carbocycles. The van der Waals surface area contributed by atoms with Crippen LogP contribution in [0.4, 0.5) is 0 Å². The van der Waals surface area contributed by atoms with E-state index in [0.29, 0.717) is 29.1 Å². The van der Waals surface area contributed by atoms with Crippen LogP contribution in [0.5, 0.6) is 0 Å². The van der Waals surface area contributed by atoms with Gasteiger partial charge in [-0.25, -0.2) is 9.97 Å². The third-order valence-corrected chi connectivity index (χ3v) is 3.17. The van der Waals surface area contributed by atoms with Gasteiger partial charge < -0.3 is 5.32 Å². The number of nitrogens with one attached hydrogen (secondary N) is 1. The zero-order valence-electron chi connectivity index (χ0n) is 11.2. The average Bonchev–Trinajstić information content (AvgIpc) is 2.92. The van der Waals surface area contributed by atoms with Gasteiger partial charge >= 0.3 is 0 Å². The van der Waals surface area contributed by atoms with E-state index in [4.69, 9.17) is 0 Å². The molecule has 0 aromatic carbocycles. The first-order valence-electron chi connectivity index (χ1n) is 6.22. The molecule has 0 unspecified atom stereocenters. The number of rotatable bonds is 5. The molecule has 2 heterocycles. The Morgan fingerprint density at radius 3 is 2.95 bits per heavy atom. The highest BCUT2D eigenvalue weighted by molar-refractivity contribution is 9.10. The molecular weight excluding hydrogens is 324 g/mol. The second kappa shape index (κ2) is 6.56. The van der Waals surface area contributed by atoms with Crippen LogP contribution in [0.2, 0.25) is 0 Å². The van der Waals surface area contributed by atoms with Gasteiger partial charge in [-0.2, -0.15) is 0 Å². The van der Waals surface area contributed by atoms with E-state index in [1.165, 1.54) is 0 Å². The molecule has 2 rings (SSSR count). The van der Waals surface area contributed by atoms with E-state index in [1.54, 1.807) is 23.3 Å². The van der Waals surface area contributed by atoms with Crippen LogP contribution in [0.15, 0.2) is 23.1 Å². The summed E-state index contributed by atoms with van der Waals surface area (Å²) in [5, 5.41) is 10.3. The first-order chi connectivity index (χ1) is 9.58. The third-order valence-electron chi connectivity index (χ3n) is 2.59. The zero-order chi connectivity index (χ0) is 14.5. The van der Waals surface area contributed by atoms with E-state index in [-0.39, 0.29) is 11.8 Å². The summed E-state index contributed by atoms with van der Waals surface area (Å²) in [6.45, 7) is 4.98. The maximum Gasteiger partial charge on any atom is 0.271 e. The molecule has 0 saturated carbocycles. The van der Waals surface area contributed by atoms with E-state index in [2.05, 4.69) is 41.5 Å². The van der Waals surface area contributed by atoms with Crippen LogP contribution in [-0.2, 0) is 6.54 Å². The number of halogens is 1. The van der Waals surface area contributed by atoms with Crippen molar-refractivity contribution in [3.8, 4) is 0 Å². The molecule has 8 heteroatoms. The van der Waals surface area contributed by atoms with Gasteiger partial charge in [0.25, 0.3) is 5.91 Å². The largest absolute Gasteiger partial charge is 0.349 e. The summed E-state index contributed by atoms with van der Waals surface area (Å²) in [6, 6.07) is 0. The fourth-order valence-electron chi connectivity index (χ4n) is 1.54. The van der Waals surface area contributed by atoms with Crippen molar-refractivity contribution < 1.29 is 4.79 Å². The molecule has 0 radical (unpaired) electrons. The summed E-state index contributed by atoms with van der Waals surface area (Å²) in [5.41, 5.74) is 0.349. The van der Waals surface area contributed by atoms with Crippen molar-refractivity contribution in [1.29, 1.82) is 0 Å². The van der Waals surface area contributed by atoms with Crippen LogP contribution in [-0.4, -0.2) is 37.4 Å². The normalized spacial score (nSPS) is 10.8. The molecule has 2 aromatic heterocycles. The van der Waals surface area contributed by atoms with Gasteiger partial charge in [0, 0.05) is 24.9 Å². The second-order valence-corrected chi connectivity index (χ2v) is 5.36. The summed E-state index contributed by atoms with van der Waals surface area (Å²) in [7, 11) is 0. The maximum atomic E-state index is 12.1. The summed E-state index contributed by atoms with van der Waals surface area (Å²) < 4.78 is 2.23. The predicted octanol–water partition coefficient (Wildman–Crippen LogP) is 1.38. The summed E-state index contributed by atoms with van der Waals surface area (Å²) in [5.74, 6) is 0.584. The standard InChI is InChI=1S/C12H15BrN6O/c1-8(2)11-15-7-9(13)10(17-11)12(20)14-3-5-19-6-4-16-18-19/h4,6-8H,3,5H2,1-2H3,(H,14,20). The summed E-state index contributed by atoms with van der Waals surface area (Å²) in [6.07, 6.45) is 4.94. The van der Waals surface area contributed by atoms with Crippen molar-refractivity contribution in [2.24, 2.45) is 0 Å². The van der Waals surface area contributed by atoms with Crippen molar-refractivity contribution in [2.75, 3.05) is 6.54 Å². The SMILES string of the molecule is CC(C)c1ncc(Br)c(C(=O)NCCn2ccnn2)n1. The van der Waals surface area contributed by atoms with E-state index < -0.39 is 0 Å². The Morgan fingerprint density at radius 1 is 1.50 bits per heavy atom. The topological polar surface area (TPSA) is 85.6 Å². The molecule has 0 saturated heterocycles. The Kier molecular flexibility index (Phi) is 4.78.